The first-order chi connectivity index (χ1) is 8.40. The number of rotatable bonds is 3. The SMILES string of the molecule is Cc1sc(C2C(N)CC(=O)N2CC(C)C)cc1Br. The number of amides is 1. The average molecular weight is 331 g/mol. The van der Waals surface area contributed by atoms with Gasteiger partial charge in [-0.05, 0) is 34.8 Å². The lowest BCUT2D eigenvalue weighted by atomic mass is 10.1. The Morgan fingerprint density at radius 3 is 2.78 bits per heavy atom. The van der Waals surface area contributed by atoms with Crippen molar-refractivity contribution in [2.75, 3.05) is 6.54 Å². The summed E-state index contributed by atoms with van der Waals surface area (Å²) in [6.07, 6.45) is 0.464. The van der Waals surface area contributed by atoms with Crippen molar-refractivity contribution in [1.82, 2.24) is 4.90 Å². The van der Waals surface area contributed by atoms with E-state index < -0.39 is 0 Å². The highest BCUT2D eigenvalue weighted by atomic mass is 79.9. The molecular weight excluding hydrogens is 312 g/mol. The molecule has 3 nitrogen and oxygen atoms in total. The Labute approximate surface area is 120 Å². The molecule has 1 aromatic rings. The van der Waals surface area contributed by atoms with Crippen LogP contribution in [0.3, 0.4) is 0 Å². The van der Waals surface area contributed by atoms with Crippen LogP contribution in [-0.4, -0.2) is 23.4 Å². The van der Waals surface area contributed by atoms with Crippen LogP contribution in [0.5, 0.6) is 0 Å². The summed E-state index contributed by atoms with van der Waals surface area (Å²) < 4.78 is 1.11. The van der Waals surface area contributed by atoms with Crippen molar-refractivity contribution >= 4 is 33.2 Å². The van der Waals surface area contributed by atoms with Gasteiger partial charge in [0.2, 0.25) is 5.91 Å². The van der Waals surface area contributed by atoms with Gasteiger partial charge in [0.15, 0.2) is 0 Å². The number of halogens is 1. The van der Waals surface area contributed by atoms with Gasteiger partial charge in [-0.1, -0.05) is 13.8 Å². The summed E-state index contributed by atoms with van der Waals surface area (Å²) in [6.45, 7) is 7.12. The molecule has 2 unspecified atom stereocenters. The highest BCUT2D eigenvalue weighted by Crippen LogP contribution is 2.39. The van der Waals surface area contributed by atoms with Crippen LogP contribution in [0.4, 0.5) is 0 Å². The van der Waals surface area contributed by atoms with Gasteiger partial charge in [-0.15, -0.1) is 11.3 Å². The van der Waals surface area contributed by atoms with Gasteiger partial charge >= 0.3 is 0 Å². The van der Waals surface area contributed by atoms with Crippen LogP contribution >= 0.6 is 27.3 Å². The standard InChI is InChI=1S/C13H19BrN2OS/c1-7(2)6-16-12(17)5-10(15)13(16)11-4-9(14)8(3)18-11/h4,7,10,13H,5-6,15H2,1-3H3. The normalized spacial score (nSPS) is 24.3. The van der Waals surface area contributed by atoms with Gasteiger partial charge in [-0.25, -0.2) is 0 Å². The first-order valence-corrected chi connectivity index (χ1v) is 7.82. The largest absolute Gasteiger partial charge is 0.333 e. The highest BCUT2D eigenvalue weighted by Gasteiger charge is 2.39. The molecule has 0 radical (unpaired) electrons. The minimum Gasteiger partial charge on any atom is -0.333 e. The van der Waals surface area contributed by atoms with E-state index >= 15 is 0 Å². The molecule has 0 saturated carbocycles. The second-order valence-corrected chi connectivity index (χ2v) is 7.45. The third kappa shape index (κ3) is 2.63. The van der Waals surface area contributed by atoms with Crippen LogP contribution in [0.2, 0.25) is 0 Å². The van der Waals surface area contributed by atoms with E-state index in [0.717, 1.165) is 11.0 Å². The first-order valence-electron chi connectivity index (χ1n) is 6.21. The fraction of sp³-hybridized carbons (Fsp3) is 0.615. The van der Waals surface area contributed by atoms with Gasteiger partial charge in [-0.2, -0.15) is 0 Å². The molecule has 1 aliphatic rings. The zero-order valence-corrected chi connectivity index (χ0v) is 13.3. The molecule has 5 heteroatoms. The number of nitrogens with zero attached hydrogens (tertiary/aromatic N) is 1. The summed E-state index contributed by atoms with van der Waals surface area (Å²) in [5, 5.41) is 0. The van der Waals surface area contributed by atoms with Crippen LogP contribution in [0.25, 0.3) is 0 Å². The van der Waals surface area contributed by atoms with E-state index in [2.05, 4.69) is 42.8 Å². The fourth-order valence-electron chi connectivity index (χ4n) is 2.42. The van der Waals surface area contributed by atoms with E-state index in [4.69, 9.17) is 5.73 Å². The Kier molecular flexibility index (Phi) is 4.14. The van der Waals surface area contributed by atoms with E-state index in [1.54, 1.807) is 11.3 Å². The lowest BCUT2D eigenvalue weighted by molar-refractivity contribution is -0.129. The molecule has 1 amide bonds. The molecule has 1 aromatic heterocycles. The molecule has 0 spiro atoms. The zero-order valence-electron chi connectivity index (χ0n) is 10.9. The Morgan fingerprint density at radius 1 is 1.61 bits per heavy atom. The van der Waals surface area contributed by atoms with E-state index in [1.165, 1.54) is 9.75 Å². The quantitative estimate of drug-likeness (QED) is 0.925. The fourth-order valence-corrected chi connectivity index (χ4v) is 4.17. The number of nitrogens with two attached hydrogens (primary N) is 1. The lowest BCUT2D eigenvalue weighted by Gasteiger charge is -2.27. The summed E-state index contributed by atoms with van der Waals surface area (Å²) in [7, 11) is 0. The molecule has 0 aliphatic carbocycles. The van der Waals surface area contributed by atoms with E-state index in [0.29, 0.717) is 12.3 Å². The molecular formula is C13H19BrN2OS. The number of hydrogen-bond acceptors (Lipinski definition) is 3. The van der Waals surface area contributed by atoms with Crippen LogP contribution < -0.4 is 5.73 Å². The number of carbonyl (C=O) groups excluding carboxylic acids is 1. The molecule has 1 saturated heterocycles. The number of thiophene rings is 1. The van der Waals surface area contributed by atoms with E-state index in [-0.39, 0.29) is 18.0 Å². The van der Waals surface area contributed by atoms with E-state index in [1.807, 2.05) is 4.90 Å². The minimum absolute atomic E-state index is 0.0508. The maximum atomic E-state index is 12.0. The van der Waals surface area contributed by atoms with Gasteiger partial charge in [0.05, 0.1) is 6.04 Å². The van der Waals surface area contributed by atoms with Gasteiger partial charge in [0, 0.05) is 33.2 Å². The summed E-state index contributed by atoms with van der Waals surface area (Å²) in [6, 6.07) is 2.08. The summed E-state index contributed by atoms with van der Waals surface area (Å²) >= 11 is 5.26. The lowest BCUT2D eigenvalue weighted by Crippen LogP contribution is -2.34. The van der Waals surface area contributed by atoms with Crippen molar-refractivity contribution in [1.29, 1.82) is 0 Å². The number of hydrogen-bond donors (Lipinski definition) is 1. The Morgan fingerprint density at radius 2 is 2.28 bits per heavy atom. The van der Waals surface area contributed by atoms with Crippen molar-refractivity contribution in [2.24, 2.45) is 11.7 Å². The van der Waals surface area contributed by atoms with Gasteiger partial charge in [-0.3, -0.25) is 4.79 Å². The monoisotopic (exact) mass is 330 g/mol. The van der Waals surface area contributed by atoms with Crippen LogP contribution in [0.15, 0.2) is 10.5 Å². The third-order valence-corrected chi connectivity index (χ3v) is 5.41. The predicted octanol–water partition coefficient (Wildman–Crippen LogP) is 3.08. The molecule has 100 valence electrons. The molecule has 2 heterocycles. The van der Waals surface area contributed by atoms with Crippen molar-refractivity contribution in [2.45, 2.75) is 39.3 Å². The first kappa shape index (κ1) is 14.0. The number of carbonyl (C=O) groups is 1. The Hall–Kier alpha value is -0.390. The molecule has 1 aliphatic heterocycles. The maximum Gasteiger partial charge on any atom is 0.224 e. The van der Waals surface area contributed by atoms with Gasteiger partial charge < -0.3 is 10.6 Å². The highest BCUT2D eigenvalue weighted by molar-refractivity contribution is 9.10. The van der Waals surface area contributed by atoms with E-state index in [9.17, 15) is 4.79 Å². The topological polar surface area (TPSA) is 46.3 Å². The molecule has 1 fully saturated rings. The van der Waals surface area contributed by atoms with Crippen LogP contribution in [0.1, 0.15) is 36.1 Å². The summed E-state index contributed by atoms with van der Waals surface area (Å²) in [4.78, 5) is 16.4. The zero-order chi connectivity index (χ0) is 13.4. The molecule has 18 heavy (non-hydrogen) atoms. The van der Waals surface area contributed by atoms with Crippen molar-refractivity contribution < 1.29 is 4.79 Å². The predicted molar refractivity (Wildman–Crippen MR) is 78.6 cm³/mol. The molecule has 2 N–H and O–H groups in total. The Bertz CT molecular complexity index is 438. The van der Waals surface area contributed by atoms with Gasteiger partial charge in [0.1, 0.15) is 0 Å². The molecule has 2 rings (SSSR count). The second-order valence-electron chi connectivity index (χ2n) is 5.31. The molecule has 0 aromatic carbocycles. The van der Waals surface area contributed by atoms with Crippen molar-refractivity contribution in [3.63, 3.8) is 0 Å². The van der Waals surface area contributed by atoms with Gasteiger partial charge in [0.25, 0.3) is 0 Å². The van der Waals surface area contributed by atoms with Crippen LogP contribution in [-0.2, 0) is 4.79 Å². The summed E-state index contributed by atoms with van der Waals surface area (Å²) in [5.41, 5.74) is 6.16. The maximum absolute atomic E-state index is 12.0. The van der Waals surface area contributed by atoms with Crippen LogP contribution in [0, 0.1) is 12.8 Å². The number of aryl methyl sites for hydroxylation is 1. The average Bonchev–Trinajstić information content (AvgIpc) is 2.69. The smallest absolute Gasteiger partial charge is 0.224 e. The molecule has 2 atom stereocenters. The van der Waals surface area contributed by atoms with Crippen molar-refractivity contribution in [3.8, 4) is 0 Å². The second kappa shape index (κ2) is 5.31. The molecule has 0 bridgehead atoms. The number of likely N-dealkylation sites (tertiary alicyclic amines) is 1. The third-order valence-electron chi connectivity index (χ3n) is 3.20. The minimum atomic E-state index is -0.0822. The van der Waals surface area contributed by atoms with Crippen molar-refractivity contribution in [3.05, 3.63) is 20.3 Å². The Balaban J connectivity index is 2.30. The summed E-state index contributed by atoms with van der Waals surface area (Å²) in [5.74, 6) is 0.648.